The van der Waals surface area contributed by atoms with E-state index in [4.69, 9.17) is 20.6 Å². The first kappa shape index (κ1) is 24.6. The smallest absolute Gasteiger partial charge is 0.313 e. The Morgan fingerprint density at radius 3 is 2.54 bits per heavy atom. The van der Waals surface area contributed by atoms with Gasteiger partial charge in [0, 0.05) is 57.9 Å². The number of hydrogen-bond donors (Lipinski definition) is 2. The molecule has 1 atom stereocenters. The van der Waals surface area contributed by atoms with Crippen molar-refractivity contribution in [2.24, 2.45) is 11.7 Å². The monoisotopic (exact) mass is 485 g/mol. The number of nitrogens with one attached hydrogen (secondary N) is 1. The molecule has 0 aliphatic carbocycles. The van der Waals surface area contributed by atoms with Crippen LogP contribution in [0.15, 0.2) is 30.6 Å². The Bertz CT molecular complexity index is 1030. The van der Waals surface area contributed by atoms with Crippen LogP contribution in [0.1, 0.15) is 18.4 Å². The highest BCUT2D eigenvalue weighted by atomic mass is 19.1. The molecule has 1 aromatic carbocycles. The van der Waals surface area contributed by atoms with Crippen molar-refractivity contribution in [3.8, 4) is 0 Å². The second-order valence-corrected chi connectivity index (χ2v) is 8.88. The van der Waals surface area contributed by atoms with Crippen LogP contribution < -0.4 is 20.4 Å². The summed E-state index contributed by atoms with van der Waals surface area (Å²) in [4.78, 5) is 27.2. The zero-order chi connectivity index (χ0) is 24.8. The van der Waals surface area contributed by atoms with Gasteiger partial charge in [-0.1, -0.05) is 12.1 Å². The van der Waals surface area contributed by atoms with Crippen molar-refractivity contribution >= 4 is 29.1 Å². The molecule has 1 aromatic heterocycles. The maximum absolute atomic E-state index is 15.1. The van der Waals surface area contributed by atoms with Crippen LogP contribution in [0.2, 0.25) is 0 Å². The number of hydrogen-bond acceptors (Lipinski definition) is 9. The lowest BCUT2D eigenvalue weighted by Crippen LogP contribution is -2.47. The number of amidine groups is 1. The van der Waals surface area contributed by atoms with Crippen LogP contribution in [0.3, 0.4) is 0 Å². The summed E-state index contributed by atoms with van der Waals surface area (Å²) in [7, 11) is 1.73. The van der Waals surface area contributed by atoms with E-state index in [2.05, 4.69) is 19.8 Å². The van der Waals surface area contributed by atoms with Crippen LogP contribution in [0, 0.1) is 17.1 Å². The van der Waals surface area contributed by atoms with Gasteiger partial charge in [-0.2, -0.15) is 0 Å². The average Bonchev–Trinajstić information content (AvgIpc) is 3.32. The molecule has 0 radical (unpaired) electrons. The molecule has 0 bridgehead atoms. The molecule has 4 rings (SSSR count). The SMILES string of the molecule is COCC1CCN(c2ncc(N3CCN(c4cccc(COC(=O)CC(=N)N)c4F)CC3)cn2)C1. The number of piperazine rings is 1. The second-order valence-electron chi connectivity index (χ2n) is 8.88. The quantitative estimate of drug-likeness (QED) is 0.311. The predicted octanol–water partition coefficient (Wildman–Crippen LogP) is 1.78. The van der Waals surface area contributed by atoms with Crippen molar-refractivity contribution in [3.63, 3.8) is 0 Å². The van der Waals surface area contributed by atoms with Gasteiger partial charge in [-0.05, 0) is 12.5 Å². The lowest BCUT2D eigenvalue weighted by atomic mass is 10.1. The molecule has 10 nitrogen and oxygen atoms in total. The molecule has 1 unspecified atom stereocenters. The third kappa shape index (κ3) is 6.16. The maximum atomic E-state index is 15.1. The zero-order valence-corrected chi connectivity index (χ0v) is 20.0. The van der Waals surface area contributed by atoms with E-state index in [-0.39, 0.29) is 18.9 Å². The maximum Gasteiger partial charge on any atom is 0.313 e. The highest BCUT2D eigenvalue weighted by molar-refractivity contribution is 5.94. The minimum absolute atomic E-state index is 0.196. The van der Waals surface area contributed by atoms with Gasteiger partial charge in [-0.3, -0.25) is 10.2 Å². The Kier molecular flexibility index (Phi) is 7.96. The van der Waals surface area contributed by atoms with Crippen molar-refractivity contribution in [2.45, 2.75) is 19.4 Å². The molecule has 0 amide bonds. The van der Waals surface area contributed by atoms with E-state index in [9.17, 15) is 4.79 Å². The first-order valence-corrected chi connectivity index (χ1v) is 11.8. The summed E-state index contributed by atoms with van der Waals surface area (Å²) in [6.45, 7) is 5.10. The van der Waals surface area contributed by atoms with Crippen LogP contribution in [0.25, 0.3) is 0 Å². The molecule has 11 heteroatoms. The van der Waals surface area contributed by atoms with E-state index in [1.807, 2.05) is 17.3 Å². The standard InChI is InChI=1S/C24H32FN7O3/c1-34-15-17-5-6-32(14-17)24-28-12-19(13-29-24)30-7-9-31(10-8-30)20-4-2-3-18(23(20)25)16-35-22(33)11-21(26)27/h2-4,12-13,17H,5-11,14-16H2,1H3,(H3,26,27). The topological polar surface area (TPSA) is 121 Å². The Balaban J connectivity index is 1.32. The highest BCUT2D eigenvalue weighted by Crippen LogP contribution is 2.26. The van der Waals surface area contributed by atoms with Gasteiger partial charge in [0.15, 0.2) is 5.82 Å². The number of carbonyl (C=O) groups is 1. The molecular formula is C24H32FN7O3. The Hall–Kier alpha value is -3.47. The third-order valence-electron chi connectivity index (χ3n) is 6.36. The second kappa shape index (κ2) is 11.3. The molecule has 2 aliphatic heterocycles. The van der Waals surface area contributed by atoms with Gasteiger partial charge in [0.05, 0.1) is 30.4 Å². The Labute approximate surface area is 204 Å². The Morgan fingerprint density at radius 1 is 1.14 bits per heavy atom. The van der Waals surface area contributed by atoms with Crippen molar-refractivity contribution in [1.82, 2.24) is 9.97 Å². The minimum Gasteiger partial charge on any atom is -0.460 e. The summed E-state index contributed by atoms with van der Waals surface area (Å²) in [5, 5.41) is 7.15. The number of carbonyl (C=O) groups excluding carboxylic acids is 1. The molecule has 2 aliphatic rings. The van der Waals surface area contributed by atoms with Gasteiger partial charge in [-0.15, -0.1) is 0 Å². The van der Waals surface area contributed by atoms with Gasteiger partial charge >= 0.3 is 5.97 Å². The molecule has 188 valence electrons. The summed E-state index contributed by atoms with van der Waals surface area (Å²) in [6.07, 6.45) is 4.50. The number of nitrogens with zero attached hydrogens (tertiary/aromatic N) is 5. The summed E-state index contributed by atoms with van der Waals surface area (Å²) in [5.41, 5.74) is 6.93. The summed E-state index contributed by atoms with van der Waals surface area (Å²) >= 11 is 0. The number of ether oxygens (including phenoxy) is 2. The molecule has 3 N–H and O–H groups in total. The highest BCUT2D eigenvalue weighted by Gasteiger charge is 2.25. The van der Waals surface area contributed by atoms with Gasteiger partial charge < -0.3 is 29.9 Å². The summed E-state index contributed by atoms with van der Waals surface area (Å²) in [5.74, 6) is -0.0732. The number of aromatic nitrogens is 2. The van der Waals surface area contributed by atoms with Gasteiger partial charge in [-0.25, -0.2) is 14.4 Å². The van der Waals surface area contributed by atoms with Crippen molar-refractivity contribution in [2.75, 3.05) is 67.7 Å². The van der Waals surface area contributed by atoms with Crippen molar-refractivity contribution < 1.29 is 18.7 Å². The van der Waals surface area contributed by atoms with Crippen LogP contribution in [0.5, 0.6) is 0 Å². The summed E-state index contributed by atoms with van der Waals surface area (Å²) < 4.78 is 25.4. The Morgan fingerprint density at radius 2 is 1.86 bits per heavy atom. The van der Waals surface area contributed by atoms with Gasteiger partial charge in [0.25, 0.3) is 0 Å². The molecule has 2 aromatic rings. The fourth-order valence-corrected chi connectivity index (χ4v) is 4.52. The number of esters is 1. The number of nitrogens with two attached hydrogens (primary N) is 1. The molecule has 0 saturated carbocycles. The number of halogens is 1. The van der Waals surface area contributed by atoms with E-state index in [1.54, 1.807) is 25.3 Å². The minimum atomic E-state index is -0.649. The molecular weight excluding hydrogens is 453 g/mol. The number of anilines is 3. The van der Waals surface area contributed by atoms with Crippen LogP contribution in [-0.4, -0.2) is 74.8 Å². The fourth-order valence-electron chi connectivity index (χ4n) is 4.52. The normalized spacial score (nSPS) is 18.1. The number of methoxy groups -OCH3 is 1. The largest absolute Gasteiger partial charge is 0.460 e. The third-order valence-corrected chi connectivity index (χ3v) is 6.36. The molecule has 2 saturated heterocycles. The van der Waals surface area contributed by atoms with Crippen molar-refractivity contribution in [3.05, 3.63) is 42.0 Å². The van der Waals surface area contributed by atoms with Crippen LogP contribution >= 0.6 is 0 Å². The first-order valence-electron chi connectivity index (χ1n) is 11.8. The van der Waals surface area contributed by atoms with Crippen molar-refractivity contribution in [1.29, 1.82) is 5.41 Å². The van der Waals surface area contributed by atoms with E-state index < -0.39 is 11.8 Å². The molecule has 0 spiro atoms. The summed E-state index contributed by atoms with van der Waals surface area (Å²) in [6, 6.07) is 5.07. The van der Waals surface area contributed by atoms with Gasteiger partial charge in [0.1, 0.15) is 18.9 Å². The number of benzene rings is 1. The zero-order valence-electron chi connectivity index (χ0n) is 20.0. The van der Waals surface area contributed by atoms with E-state index in [0.29, 0.717) is 43.3 Å². The van der Waals surface area contributed by atoms with Crippen LogP contribution in [-0.2, 0) is 20.9 Å². The van der Waals surface area contributed by atoms with E-state index >= 15 is 4.39 Å². The lowest BCUT2D eigenvalue weighted by Gasteiger charge is -2.37. The molecule has 35 heavy (non-hydrogen) atoms. The van der Waals surface area contributed by atoms with E-state index in [1.165, 1.54) is 0 Å². The lowest BCUT2D eigenvalue weighted by molar-refractivity contribution is -0.143. The van der Waals surface area contributed by atoms with E-state index in [0.717, 1.165) is 37.8 Å². The number of rotatable bonds is 9. The average molecular weight is 486 g/mol. The molecule has 2 fully saturated rings. The molecule has 3 heterocycles. The fraction of sp³-hybridized carbons (Fsp3) is 0.500. The van der Waals surface area contributed by atoms with Gasteiger partial charge in [0.2, 0.25) is 5.95 Å². The first-order chi connectivity index (χ1) is 16.9. The predicted molar refractivity (Wildman–Crippen MR) is 131 cm³/mol. The van der Waals surface area contributed by atoms with Crippen LogP contribution in [0.4, 0.5) is 21.7 Å².